The van der Waals surface area contributed by atoms with Gasteiger partial charge in [0.1, 0.15) is 6.10 Å². The van der Waals surface area contributed by atoms with Gasteiger partial charge < -0.3 is 15.0 Å². The van der Waals surface area contributed by atoms with Crippen LogP contribution < -0.4 is 5.32 Å². The molecule has 1 unspecified atom stereocenters. The fourth-order valence-corrected chi connectivity index (χ4v) is 2.31. The molecule has 0 saturated heterocycles. The first-order valence-electron chi connectivity index (χ1n) is 5.30. The summed E-state index contributed by atoms with van der Waals surface area (Å²) in [5, 5.41) is 15.1. The summed E-state index contributed by atoms with van der Waals surface area (Å²) in [4.78, 5) is 1.01. The zero-order valence-electron chi connectivity index (χ0n) is 9.26. The number of aliphatic hydroxyl groups is 1. The van der Waals surface area contributed by atoms with Crippen molar-refractivity contribution in [1.29, 1.82) is 0 Å². The van der Waals surface area contributed by atoms with Crippen molar-refractivity contribution in [3.63, 3.8) is 0 Å². The highest BCUT2D eigenvalue weighted by atomic mass is 32.1. The summed E-state index contributed by atoms with van der Waals surface area (Å²) in [5.41, 5.74) is 1.22. The lowest BCUT2D eigenvalue weighted by molar-refractivity contribution is 0.178. The Balaban J connectivity index is 1.78. The summed E-state index contributed by atoms with van der Waals surface area (Å²) in [6.07, 6.45) is 1.62. The molecule has 0 amide bonds. The van der Waals surface area contributed by atoms with Crippen LogP contribution in [-0.2, 0) is 13.6 Å². The van der Waals surface area contributed by atoms with Crippen LogP contribution in [0.1, 0.15) is 16.7 Å². The summed E-state index contributed by atoms with van der Waals surface area (Å²) in [6.45, 7) is 1.37. The third-order valence-corrected chi connectivity index (χ3v) is 3.54. The highest BCUT2D eigenvalue weighted by Crippen LogP contribution is 2.17. The highest BCUT2D eigenvalue weighted by molar-refractivity contribution is 7.10. The zero-order chi connectivity index (χ0) is 11.4. The molecule has 0 fully saturated rings. The van der Waals surface area contributed by atoms with Crippen LogP contribution in [0.3, 0.4) is 0 Å². The van der Waals surface area contributed by atoms with Crippen molar-refractivity contribution >= 4 is 11.3 Å². The molecule has 0 aromatic carbocycles. The molecular formula is C12H16N2OS. The Labute approximate surface area is 99.4 Å². The topological polar surface area (TPSA) is 37.2 Å². The van der Waals surface area contributed by atoms with Crippen LogP contribution in [0.25, 0.3) is 0 Å². The number of hydrogen-bond acceptors (Lipinski definition) is 3. The van der Waals surface area contributed by atoms with Gasteiger partial charge >= 0.3 is 0 Å². The Morgan fingerprint density at radius 1 is 1.44 bits per heavy atom. The molecular weight excluding hydrogens is 220 g/mol. The van der Waals surface area contributed by atoms with E-state index in [1.807, 2.05) is 36.8 Å². The minimum Gasteiger partial charge on any atom is -0.386 e. The van der Waals surface area contributed by atoms with Crippen LogP contribution >= 0.6 is 11.3 Å². The molecule has 2 aromatic heterocycles. The van der Waals surface area contributed by atoms with Crippen molar-refractivity contribution in [2.75, 3.05) is 6.54 Å². The van der Waals surface area contributed by atoms with Crippen LogP contribution in [0.2, 0.25) is 0 Å². The molecule has 2 rings (SSSR count). The summed E-state index contributed by atoms with van der Waals surface area (Å²) in [5.74, 6) is 0. The van der Waals surface area contributed by atoms with E-state index in [1.165, 1.54) is 5.69 Å². The van der Waals surface area contributed by atoms with Gasteiger partial charge in [-0.1, -0.05) is 6.07 Å². The minimum atomic E-state index is -0.403. The van der Waals surface area contributed by atoms with E-state index in [1.54, 1.807) is 11.3 Å². The summed E-state index contributed by atoms with van der Waals surface area (Å²) in [7, 11) is 2.02. The van der Waals surface area contributed by atoms with Gasteiger partial charge in [0.15, 0.2) is 0 Å². The van der Waals surface area contributed by atoms with Gasteiger partial charge in [0.2, 0.25) is 0 Å². The second kappa shape index (κ2) is 5.30. The van der Waals surface area contributed by atoms with E-state index in [4.69, 9.17) is 0 Å². The Bertz CT molecular complexity index is 422. The van der Waals surface area contributed by atoms with E-state index in [-0.39, 0.29) is 0 Å². The van der Waals surface area contributed by atoms with Gasteiger partial charge in [0.05, 0.1) is 0 Å². The Morgan fingerprint density at radius 2 is 2.31 bits per heavy atom. The van der Waals surface area contributed by atoms with E-state index in [9.17, 15) is 5.11 Å². The average Bonchev–Trinajstić information content (AvgIpc) is 2.90. The number of nitrogens with zero attached hydrogens (tertiary/aromatic N) is 1. The first-order valence-corrected chi connectivity index (χ1v) is 6.17. The Hall–Kier alpha value is -1.10. The molecule has 0 aliphatic rings. The molecule has 4 heteroatoms. The van der Waals surface area contributed by atoms with Crippen molar-refractivity contribution in [2.24, 2.45) is 7.05 Å². The van der Waals surface area contributed by atoms with Crippen LogP contribution in [0.15, 0.2) is 35.8 Å². The third kappa shape index (κ3) is 2.72. The van der Waals surface area contributed by atoms with Crippen LogP contribution in [0, 0.1) is 0 Å². The molecule has 2 N–H and O–H groups in total. The molecule has 86 valence electrons. The average molecular weight is 236 g/mol. The normalized spacial score (nSPS) is 12.9. The SMILES string of the molecule is Cn1cccc1CNCC(O)c1cccs1. The van der Waals surface area contributed by atoms with Crippen LogP contribution in [0.5, 0.6) is 0 Å². The lowest BCUT2D eigenvalue weighted by atomic mass is 10.3. The first-order chi connectivity index (χ1) is 7.77. The number of aromatic nitrogens is 1. The van der Waals surface area contributed by atoms with E-state index in [2.05, 4.69) is 16.0 Å². The lowest BCUT2D eigenvalue weighted by Gasteiger charge is -2.10. The van der Waals surface area contributed by atoms with Crippen molar-refractivity contribution < 1.29 is 5.11 Å². The second-order valence-corrected chi connectivity index (χ2v) is 4.75. The fourth-order valence-electron chi connectivity index (χ4n) is 1.60. The molecule has 2 aromatic rings. The molecule has 0 bridgehead atoms. The molecule has 3 nitrogen and oxygen atoms in total. The van der Waals surface area contributed by atoms with Crippen LogP contribution in [0.4, 0.5) is 0 Å². The molecule has 0 saturated carbocycles. The van der Waals surface area contributed by atoms with Gasteiger partial charge in [0, 0.05) is 36.9 Å². The number of aryl methyl sites for hydroxylation is 1. The highest BCUT2D eigenvalue weighted by Gasteiger charge is 2.07. The second-order valence-electron chi connectivity index (χ2n) is 3.77. The van der Waals surface area contributed by atoms with Crippen molar-refractivity contribution in [2.45, 2.75) is 12.6 Å². The van der Waals surface area contributed by atoms with Gasteiger partial charge in [-0.25, -0.2) is 0 Å². The Morgan fingerprint density at radius 3 is 2.94 bits per heavy atom. The first kappa shape index (κ1) is 11.4. The maximum Gasteiger partial charge on any atom is 0.101 e. The number of hydrogen-bond donors (Lipinski definition) is 2. The van der Waals surface area contributed by atoms with Gasteiger partial charge in [-0.05, 0) is 23.6 Å². The summed E-state index contributed by atoms with van der Waals surface area (Å²) >= 11 is 1.59. The number of thiophene rings is 1. The van der Waals surface area contributed by atoms with E-state index in [0.717, 1.165) is 11.4 Å². The molecule has 0 spiro atoms. The van der Waals surface area contributed by atoms with Gasteiger partial charge in [-0.2, -0.15) is 0 Å². The summed E-state index contributed by atoms with van der Waals surface area (Å²) in [6, 6.07) is 8.01. The monoisotopic (exact) mass is 236 g/mol. The number of rotatable bonds is 5. The minimum absolute atomic E-state index is 0.403. The van der Waals surface area contributed by atoms with E-state index >= 15 is 0 Å². The van der Waals surface area contributed by atoms with Crippen molar-refractivity contribution in [3.8, 4) is 0 Å². The van der Waals surface area contributed by atoms with Crippen molar-refractivity contribution in [1.82, 2.24) is 9.88 Å². The maximum absolute atomic E-state index is 9.85. The number of nitrogens with one attached hydrogen (secondary N) is 1. The quantitative estimate of drug-likeness (QED) is 0.832. The fraction of sp³-hybridized carbons (Fsp3) is 0.333. The molecule has 16 heavy (non-hydrogen) atoms. The van der Waals surface area contributed by atoms with Crippen LogP contribution in [-0.4, -0.2) is 16.2 Å². The predicted octanol–water partition coefficient (Wildman–Crippen LogP) is 1.91. The molecule has 0 aliphatic heterocycles. The summed E-state index contributed by atoms with van der Waals surface area (Å²) < 4.78 is 2.07. The molecule has 0 aliphatic carbocycles. The predicted molar refractivity (Wildman–Crippen MR) is 66.4 cm³/mol. The third-order valence-electron chi connectivity index (χ3n) is 2.57. The molecule has 0 radical (unpaired) electrons. The van der Waals surface area contributed by atoms with Gasteiger partial charge in [0.25, 0.3) is 0 Å². The van der Waals surface area contributed by atoms with Crippen molar-refractivity contribution in [3.05, 3.63) is 46.4 Å². The maximum atomic E-state index is 9.85. The largest absolute Gasteiger partial charge is 0.386 e. The van der Waals surface area contributed by atoms with E-state index in [0.29, 0.717) is 6.54 Å². The lowest BCUT2D eigenvalue weighted by Crippen LogP contribution is -2.21. The van der Waals surface area contributed by atoms with Gasteiger partial charge in [-0.3, -0.25) is 0 Å². The van der Waals surface area contributed by atoms with E-state index < -0.39 is 6.10 Å². The molecule has 1 atom stereocenters. The smallest absolute Gasteiger partial charge is 0.101 e. The molecule has 2 heterocycles. The standard InChI is InChI=1S/C12H16N2OS/c1-14-6-2-4-10(14)8-13-9-11(15)12-5-3-7-16-12/h2-7,11,13,15H,8-9H2,1H3. The number of aliphatic hydroxyl groups excluding tert-OH is 1. The zero-order valence-corrected chi connectivity index (χ0v) is 10.1. The van der Waals surface area contributed by atoms with Gasteiger partial charge in [-0.15, -0.1) is 11.3 Å². The Kier molecular flexibility index (Phi) is 3.77.